The van der Waals surface area contributed by atoms with Gasteiger partial charge < -0.3 is 4.90 Å². The van der Waals surface area contributed by atoms with Gasteiger partial charge in [-0.1, -0.05) is 13.3 Å². The van der Waals surface area contributed by atoms with E-state index in [2.05, 4.69) is 6.92 Å². The molecular formula is C17H27N3O3S2. The molecule has 140 valence electrons. The van der Waals surface area contributed by atoms with Crippen LogP contribution < -0.4 is 0 Å². The molecule has 0 spiro atoms. The third kappa shape index (κ3) is 3.77. The summed E-state index contributed by atoms with van der Waals surface area (Å²) in [5.74, 6) is 0.267. The molecule has 0 aliphatic carbocycles. The summed E-state index contributed by atoms with van der Waals surface area (Å²) in [7, 11) is -0.313. The lowest BCUT2D eigenvalue weighted by Gasteiger charge is -2.36. The first-order valence-electron chi connectivity index (χ1n) is 8.89. The zero-order chi connectivity index (χ0) is 18.2. The van der Waals surface area contributed by atoms with Crippen LogP contribution in [0.3, 0.4) is 0 Å². The minimum Gasteiger partial charge on any atom is -0.334 e. The third-order valence-corrected chi connectivity index (χ3v) is 8.00. The summed E-state index contributed by atoms with van der Waals surface area (Å²) in [6.07, 6.45) is 3.93. The van der Waals surface area contributed by atoms with E-state index in [9.17, 15) is 13.2 Å². The molecular weight excluding hydrogens is 358 g/mol. The highest BCUT2D eigenvalue weighted by Gasteiger charge is 2.41. The molecule has 0 aromatic carbocycles. The monoisotopic (exact) mass is 385 g/mol. The Morgan fingerprint density at radius 3 is 2.72 bits per heavy atom. The minimum absolute atomic E-state index is 0.0319. The van der Waals surface area contributed by atoms with Crippen molar-refractivity contribution in [2.24, 2.45) is 5.92 Å². The number of nitrogens with zero attached hydrogens (tertiary/aromatic N) is 3. The van der Waals surface area contributed by atoms with Crippen LogP contribution in [0.5, 0.6) is 0 Å². The van der Waals surface area contributed by atoms with Crippen molar-refractivity contribution < 1.29 is 13.2 Å². The van der Waals surface area contributed by atoms with E-state index in [0.29, 0.717) is 19.6 Å². The van der Waals surface area contributed by atoms with Crippen molar-refractivity contribution in [3.8, 4) is 0 Å². The molecule has 1 amide bonds. The van der Waals surface area contributed by atoms with E-state index in [1.807, 2.05) is 16.3 Å². The van der Waals surface area contributed by atoms with Crippen LogP contribution in [0.2, 0.25) is 0 Å². The highest BCUT2D eigenvalue weighted by Crippen LogP contribution is 2.31. The van der Waals surface area contributed by atoms with Crippen molar-refractivity contribution in [1.82, 2.24) is 13.5 Å². The van der Waals surface area contributed by atoms with Crippen molar-refractivity contribution in [3.05, 3.63) is 21.9 Å². The molecule has 4 heterocycles. The molecule has 0 saturated carbocycles. The lowest BCUT2D eigenvalue weighted by Crippen LogP contribution is -2.48. The predicted octanol–water partition coefficient (Wildman–Crippen LogP) is 2.04. The number of aryl methyl sites for hydroxylation is 1. The van der Waals surface area contributed by atoms with Crippen LogP contribution in [0.1, 0.15) is 41.4 Å². The molecule has 0 unspecified atom stereocenters. The first-order chi connectivity index (χ1) is 11.8. The predicted molar refractivity (Wildman–Crippen MR) is 100 cm³/mol. The zero-order valence-corrected chi connectivity index (χ0v) is 16.8. The number of hydrogen-bond acceptors (Lipinski definition) is 4. The molecule has 2 bridgehead atoms. The van der Waals surface area contributed by atoms with Gasteiger partial charge in [-0.25, -0.2) is 0 Å². The Hall–Kier alpha value is -0.960. The third-order valence-electron chi connectivity index (χ3n) is 5.13. The second-order valence-electron chi connectivity index (χ2n) is 7.21. The number of piperidine rings is 1. The Kier molecular flexibility index (Phi) is 5.53. The Bertz CT molecular complexity index is 729. The van der Waals surface area contributed by atoms with E-state index in [0.717, 1.165) is 31.2 Å². The topological polar surface area (TPSA) is 60.9 Å². The molecule has 4 rings (SSSR count). The van der Waals surface area contributed by atoms with Crippen molar-refractivity contribution in [3.63, 3.8) is 0 Å². The summed E-state index contributed by atoms with van der Waals surface area (Å²) < 4.78 is 27.9. The number of carbonyl (C=O) groups excluding carboxylic acids is 1. The molecule has 25 heavy (non-hydrogen) atoms. The number of carbonyl (C=O) groups is 1. The van der Waals surface area contributed by atoms with Gasteiger partial charge >= 0.3 is 0 Å². The first kappa shape index (κ1) is 18.8. The number of hydrogen-bond donors (Lipinski definition) is 0. The van der Waals surface area contributed by atoms with E-state index in [1.165, 1.54) is 9.18 Å². The van der Waals surface area contributed by atoms with E-state index in [-0.39, 0.29) is 17.9 Å². The van der Waals surface area contributed by atoms with Crippen molar-refractivity contribution in [1.29, 1.82) is 0 Å². The average molecular weight is 386 g/mol. The van der Waals surface area contributed by atoms with E-state index in [1.54, 1.807) is 29.7 Å². The SMILES string of the molecule is CCCc1cc(C(=O)N2C[C@H]3CC[C@@H]2CN(S(=O)(=O)N(C)C)C3)cs1. The van der Waals surface area contributed by atoms with Gasteiger partial charge in [-0.3, -0.25) is 4.79 Å². The van der Waals surface area contributed by atoms with Gasteiger partial charge in [0.15, 0.2) is 0 Å². The molecule has 1 aromatic heterocycles. The molecule has 3 aliphatic rings. The summed E-state index contributed by atoms with van der Waals surface area (Å²) in [6, 6.07) is 1.97. The van der Waals surface area contributed by atoms with Crippen LogP contribution in [0, 0.1) is 5.92 Å². The maximum Gasteiger partial charge on any atom is 0.281 e. The van der Waals surface area contributed by atoms with Crippen LogP contribution >= 0.6 is 11.3 Å². The fraction of sp³-hybridized carbons (Fsp3) is 0.706. The van der Waals surface area contributed by atoms with Crippen molar-refractivity contribution in [2.45, 2.75) is 38.6 Å². The maximum absolute atomic E-state index is 13.0. The van der Waals surface area contributed by atoms with E-state index < -0.39 is 10.2 Å². The summed E-state index contributed by atoms with van der Waals surface area (Å²) in [4.78, 5) is 16.2. The Labute approximate surface area is 154 Å². The summed E-state index contributed by atoms with van der Waals surface area (Å²) in [5, 5.41) is 1.94. The summed E-state index contributed by atoms with van der Waals surface area (Å²) in [5.41, 5.74) is 0.753. The smallest absolute Gasteiger partial charge is 0.281 e. The molecule has 3 saturated heterocycles. The van der Waals surface area contributed by atoms with Gasteiger partial charge in [-0.05, 0) is 31.2 Å². The molecule has 3 fully saturated rings. The summed E-state index contributed by atoms with van der Waals surface area (Å²) >= 11 is 1.64. The number of thiophene rings is 1. The second-order valence-corrected chi connectivity index (χ2v) is 10.4. The molecule has 0 radical (unpaired) electrons. The molecule has 0 N–H and O–H groups in total. The highest BCUT2D eigenvalue weighted by atomic mass is 32.2. The Balaban J connectivity index is 1.79. The number of rotatable bonds is 5. The molecule has 2 atom stereocenters. The number of fused-ring (bicyclic) bond motifs is 4. The highest BCUT2D eigenvalue weighted by molar-refractivity contribution is 7.86. The zero-order valence-electron chi connectivity index (χ0n) is 15.1. The summed E-state index contributed by atoms with van der Waals surface area (Å²) in [6.45, 7) is 3.69. The largest absolute Gasteiger partial charge is 0.334 e. The van der Waals surface area contributed by atoms with Gasteiger partial charge in [0.1, 0.15) is 0 Å². The molecule has 3 aliphatic heterocycles. The van der Waals surface area contributed by atoms with Gasteiger partial charge in [0.05, 0.1) is 5.56 Å². The fourth-order valence-electron chi connectivity index (χ4n) is 3.74. The van der Waals surface area contributed by atoms with E-state index >= 15 is 0 Å². The standard InChI is InChI=1S/C17H27N3O3S2/c1-4-5-16-8-14(12-24-16)17(21)20-10-13-6-7-15(20)11-19(9-13)25(22,23)18(2)3/h8,12-13,15H,4-7,9-11H2,1-3H3/t13-,15+/m0/s1. The number of amides is 1. The quantitative estimate of drug-likeness (QED) is 0.779. The van der Waals surface area contributed by atoms with Gasteiger partial charge in [0.2, 0.25) is 0 Å². The Morgan fingerprint density at radius 1 is 1.28 bits per heavy atom. The first-order valence-corrected chi connectivity index (χ1v) is 11.2. The van der Waals surface area contributed by atoms with Gasteiger partial charge in [-0.15, -0.1) is 11.3 Å². The molecule has 8 heteroatoms. The van der Waals surface area contributed by atoms with E-state index in [4.69, 9.17) is 0 Å². The Morgan fingerprint density at radius 2 is 2.04 bits per heavy atom. The van der Waals surface area contributed by atoms with Gasteiger partial charge in [0, 0.05) is 50.0 Å². The van der Waals surface area contributed by atoms with Crippen molar-refractivity contribution >= 4 is 27.5 Å². The van der Waals surface area contributed by atoms with Crippen molar-refractivity contribution in [2.75, 3.05) is 33.7 Å². The second kappa shape index (κ2) is 7.34. The molecule has 1 aromatic rings. The normalized spacial score (nSPS) is 24.7. The van der Waals surface area contributed by atoms with Crippen LogP contribution in [-0.4, -0.2) is 67.6 Å². The minimum atomic E-state index is -3.44. The van der Waals surface area contributed by atoms with Gasteiger partial charge in [-0.2, -0.15) is 17.0 Å². The van der Waals surface area contributed by atoms with Crippen LogP contribution in [0.25, 0.3) is 0 Å². The van der Waals surface area contributed by atoms with Crippen LogP contribution in [0.15, 0.2) is 11.4 Å². The van der Waals surface area contributed by atoms with Crippen LogP contribution in [0.4, 0.5) is 0 Å². The lowest BCUT2D eigenvalue weighted by molar-refractivity contribution is 0.0589. The van der Waals surface area contributed by atoms with Gasteiger partial charge in [0.25, 0.3) is 16.1 Å². The van der Waals surface area contributed by atoms with Crippen LogP contribution in [-0.2, 0) is 16.6 Å². The lowest BCUT2D eigenvalue weighted by atomic mass is 9.94. The fourth-order valence-corrected chi connectivity index (χ4v) is 5.93. The average Bonchev–Trinajstić information content (AvgIpc) is 2.83. The maximum atomic E-state index is 13.0. The molecule has 6 nitrogen and oxygen atoms in total.